The Morgan fingerprint density at radius 3 is 2.63 bits per heavy atom. The van der Waals surface area contributed by atoms with Crippen LogP contribution in [0.25, 0.3) is 0 Å². The van der Waals surface area contributed by atoms with E-state index in [-0.39, 0.29) is 18.5 Å². The van der Waals surface area contributed by atoms with Crippen molar-refractivity contribution < 1.29 is 14.7 Å². The highest BCUT2D eigenvalue weighted by atomic mass is 79.9. The van der Waals surface area contributed by atoms with Crippen molar-refractivity contribution in [1.29, 1.82) is 0 Å². The molecule has 2 amide bonds. The summed E-state index contributed by atoms with van der Waals surface area (Å²) < 4.78 is 1.00. The largest absolute Gasteiger partial charge is 0.480 e. The van der Waals surface area contributed by atoms with Crippen LogP contribution in [0.3, 0.4) is 0 Å². The topological polar surface area (TPSA) is 69.6 Å². The molecule has 2 N–H and O–H groups in total. The van der Waals surface area contributed by atoms with Crippen LogP contribution in [0, 0.1) is 5.92 Å². The van der Waals surface area contributed by atoms with E-state index in [1.54, 1.807) is 0 Å². The molecule has 0 spiro atoms. The number of carboxylic acid groups (broad SMARTS) is 1. The zero-order chi connectivity index (χ0) is 14.4. The average Bonchev–Trinajstić information content (AvgIpc) is 2.70. The summed E-state index contributed by atoms with van der Waals surface area (Å²) in [6.07, 6.45) is 0. The fraction of sp³-hybridized carbons (Fsp3) is 0.500. The number of carbonyl (C=O) groups excluding carboxylic acids is 1. The van der Waals surface area contributed by atoms with Gasteiger partial charge in [-0.2, -0.15) is 0 Å². The minimum Gasteiger partial charge on any atom is -0.480 e. The second kappa shape index (κ2) is 7.49. The fourth-order valence-electron chi connectivity index (χ4n) is 1.54. The van der Waals surface area contributed by atoms with Crippen molar-refractivity contribution in [2.45, 2.75) is 20.4 Å². The average molecular weight is 349 g/mol. The van der Waals surface area contributed by atoms with Gasteiger partial charge in [-0.1, -0.05) is 13.8 Å². The van der Waals surface area contributed by atoms with Gasteiger partial charge in [0.15, 0.2) is 0 Å². The molecule has 19 heavy (non-hydrogen) atoms. The van der Waals surface area contributed by atoms with Gasteiger partial charge in [0.25, 0.3) is 0 Å². The highest BCUT2D eigenvalue weighted by Crippen LogP contribution is 2.21. The molecule has 0 saturated carbocycles. The van der Waals surface area contributed by atoms with Crippen LogP contribution in [0.2, 0.25) is 0 Å². The summed E-state index contributed by atoms with van der Waals surface area (Å²) in [7, 11) is 0. The second-order valence-electron chi connectivity index (χ2n) is 4.53. The molecule has 0 aliphatic heterocycles. The van der Waals surface area contributed by atoms with Gasteiger partial charge in [0, 0.05) is 11.4 Å². The maximum Gasteiger partial charge on any atom is 0.323 e. The zero-order valence-electron chi connectivity index (χ0n) is 10.9. The number of nitrogens with zero attached hydrogens (tertiary/aromatic N) is 1. The Balaban J connectivity index is 2.53. The summed E-state index contributed by atoms with van der Waals surface area (Å²) in [6, 6.07) is 3.48. The number of amides is 2. The number of thiophene rings is 1. The van der Waals surface area contributed by atoms with Crippen LogP contribution in [-0.4, -0.2) is 35.1 Å². The lowest BCUT2D eigenvalue weighted by molar-refractivity contribution is -0.137. The van der Waals surface area contributed by atoms with Gasteiger partial charge in [0.1, 0.15) is 6.54 Å². The van der Waals surface area contributed by atoms with Crippen LogP contribution < -0.4 is 5.32 Å². The predicted octanol–water partition coefficient (Wildman–Crippen LogP) is 2.76. The van der Waals surface area contributed by atoms with Gasteiger partial charge in [-0.3, -0.25) is 4.79 Å². The lowest BCUT2D eigenvalue weighted by atomic mass is 10.2. The Bertz CT molecular complexity index is 448. The minimum atomic E-state index is -1.00. The van der Waals surface area contributed by atoms with Crippen LogP contribution in [0.15, 0.2) is 15.9 Å². The fourth-order valence-corrected chi connectivity index (χ4v) is 2.97. The number of hydrogen-bond acceptors (Lipinski definition) is 3. The van der Waals surface area contributed by atoms with Crippen molar-refractivity contribution in [3.63, 3.8) is 0 Å². The quantitative estimate of drug-likeness (QED) is 0.830. The summed E-state index contributed by atoms with van der Waals surface area (Å²) in [4.78, 5) is 25.0. The Labute approximate surface area is 124 Å². The number of halogens is 1. The molecule has 0 aliphatic carbocycles. The van der Waals surface area contributed by atoms with Crippen molar-refractivity contribution >= 4 is 39.3 Å². The first kappa shape index (κ1) is 16.0. The standard InChI is InChI=1S/C12H17BrN2O3S/c1-8(2)6-15(7-11(16)17)12(18)14-5-9-3-4-10(13)19-9/h3-4,8H,5-7H2,1-2H3,(H,14,18)(H,16,17). The smallest absolute Gasteiger partial charge is 0.323 e. The van der Waals surface area contributed by atoms with Crippen LogP contribution in [0.1, 0.15) is 18.7 Å². The second-order valence-corrected chi connectivity index (χ2v) is 7.08. The summed E-state index contributed by atoms with van der Waals surface area (Å²) >= 11 is 4.89. The third kappa shape index (κ3) is 6.07. The third-order valence-electron chi connectivity index (χ3n) is 2.24. The number of carboxylic acids is 1. The Morgan fingerprint density at radius 2 is 2.16 bits per heavy atom. The van der Waals surface area contributed by atoms with Crippen LogP contribution in [0.5, 0.6) is 0 Å². The van der Waals surface area contributed by atoms with Crippen molar-refractivity contribution in [1.82, 2.24) is 10.2 Å². The van der Waals surface area contributed by atoms with E-state index in [1.165, 1.54) is 16.2 Å². The van der Waals surface area contributed by atoms with E-state index in [2.05, 4.69) is 21.2 Å². The minimum absolute atomic E-state index is 0.223. The molecule has 0 fully saturated rings. The van der Waals surface area contributed by atoms with Gasteiger partial charge in [0.2, 0.25) is 0 Å². The van der Waals surface area contributed by atoms with Gasteiger partial charge in [-0.15, -0.1) is 11.3 Å². The number of urea groups is 1. The Hall–Kier alpha value is -1.08. The van der Waals surface area contributed by atoms with Crippen molar-refractivity contribution in [2.24, 2.45) is 5.92 Å². The summed E-state index contributed by atoms with van der Waals surface area (Å²) in [6.45, 7) is 4.44. The molecule has 0 saturated heterocycles. The molecular weight excluding hydrogens is 332 g/mol. The highest BCUT2D eigenvalue weighted by molar-refractivity contribution is 9.11. The number of nitrogens with one attached hydrogen (secondary N) is 1. The molecule has 0 unspecified atom stereocenters. The Kier molecular flexibility index (Phi) is 6.30. The maximum absolute atomic E-state index is 11.9. The van der Waals surface area contributed by atoms with E-state index < -0.39 is 5.97 Å². The molecule has 0 bridgehead atoms. The first-order chi connectivity index (χ1) is 8.88. The molecule has 0 atom stereocenters. The first-order valence-electron chi connectivity index (χ1n) is 5.87. The molecule has 1 rings (SSSR count). The summed E-state index contributed by atoms with van der Waals surface area (Å²) in [5.74, 6) is -0.782. The lowest BCUT2D eigenvalue weighted by Gasteiger charge is -2.22. The van der Waals surface area contributed by atoms with Crippen molar-refractivity contribution in [2.75, 3.05) is 13.1 Å². The van der Waals surface area contributed by atoms with Crippen molar-refractivity contribution in [3.05, 3.63) is 20.8 Å². The highest BCUT2D eigenvalue weighted by Gasteiger charge is 2.17. The first-order valence-corrected chi connectivity index (χ1v) is 7.48. The monoisotopic (exact) mass is 348 g/mol. The summed E-state index contributed by atoms with van der Waals surface area (Å²) in [5.41, 5.74) is 0. The van der Waals surface area contributed by atoms with Gasteiger partial charge in [-0.25, -0.2) is 4.79 Å². The normalized spacial score (nSPS) is 10.5. The number of aliphatic carboxylic acids is 1. The number of hydrogen-bond donors (Lipinski definition) is 2. The van der Waals surface area contributed by atoms with E-state index in [9.17, 15) is 9.59 Å². The van der Waals surface area contributed by atoms with Crippen LogP contribution in [-0.2, 0) is 11.3 Å². The van der Waals surface area contributed by atoms with E-state index in [0.29, 0.717) is 13.1 Å². The van der Waals surface area contributed by atoms with E-state index in [4.69, 9.17) is 5.11 Å². The van der Waals surface area contributed by atoms with Crippen molar-refractivity contribution in [3.8, 4) is 0 Å². The number of rotatable bonds is 6. The molecule has 7 heteroatoms. The van der Waals surface area contributed by atoms with Gasteiger partial charge in [0.05, 0.1) is 10.3 Å². The van der Waals surface area contributed by atoms with E-state index in [0.717, 1.165) is 8.66 Å². The molecular formula is C12H17BrN2O3S. The molecule has 0 aliphatic rings. The van der Waals surface area contributed by atoms with Crippen LogP contribution >= 0.6 is 27.3 Å². The van der Waals surface area contributed by atoms with Crippen LogP contribution in [0.4, 0.5) is 4.79 Å². The predicted molar refractivity (Wildman–Crippen MR) is 78.3 cm³/mol. The van der Waals surface area contributed by atoms with E-state index >= 15 is 0 Å². The maximum atomic E-state index is 11.9. The molecule has 0 radical (unpaired) electrons. The number of carbonyl (C=O) groups is 2. The zero-order valence-corrected chi connectivity index (χ0v) is 13.3. The lowest BCUT2D eigenvalue weighted by Crippen LogP contribution is -2.44. The molecule has 106 valence electrons. The Morgan fingerprint density at radius 1 is 1.47 bits per heavy atom. The molecule has 1 aromatic heterocycles. The summed E-state index contributed by atoms with van der Waals surface area (Å²) in [5, 5.41) is 11.5. The SMILES string of the molecule is CC(C)CN(CC(=O)O)C(=O)NCc1ccc(Br)s1. The third-order valence-corrected chi connectivity index (χ3v) is 3.87. The molecule has 0 aromatic carbocycles. The molecule has 5 nitrogen and oxygen atoms in total. The van der Waals surface area contributed by atoms with E-state index in [1.807, 2.05) is 26.0 Å². The molecule has 1 aromatic rings. The molecule has 1 heterocycles. The van der Waals surface area contributed by atoms with Gasteiger partial charge >= 0.3 is 12.0 Å². The van der Waals surface area contributed by atoms with Gasteiger partial charge in [-0.05, 0) is 34.0 Å². The van der Waals surface area contributed by atoms with Gasteiger partial charge < -0.3 is 15.3 Å².